The van der Waals surface area contributed by atoms with Gasteiger partial charge in [0.2, 0.25) is 5.91 Å². The number of nitriles is 1. The van der Waals surface area contributed by atoms with Crippen LogP contribution in [0.2, 0.25) is 0 Å². The molecule has 0 aliphatic carbocycles. The summed E-state index contributed by atoms with van der Waals surface area (Å²) in [6.45, 7) is 3.10. The van der Waals surface area contributed by atoms with E-state index in [9.17, 15) is 9.90 Å². The number of aliphatic hydroxyl groups excluding tert-OH is 1. The molecule has 0 aliphatic heterocycles. The first kappa shape index (κ1) is 16.2. The van der Waals surface area contributed by atoms with Crippen molar-refractivity contribution in [3.63, 3.8) is 0 Å². The van der Waals surface area contributed by atoms with E-state index in [0.29, 0.717) is 24.2 Å². The van der Waals surface area contributed by atoms with Gasteiger partial charge in [0.05, 0.1) is 17.7 Å². The Kier molecular flexibility index (Phi) is 6.71. The quantitative estimate of drug-likeness (QED) is 0.792. The van der Waals surface area contributed by atoms with Crippen LogP contribution >= 0.6 is 0 Å². The number of nitrogens with zero attached hydrogens (tertiary/aromatic N) is 2. The number of rotatable bonds is 7. The molecule has 0 bridgehead atoms. The molecule has 0 saturated carbocycles. The van der Waals surface area contributed by atoms with Crippen molar-refractivity contribution in [2.24, 2.45) is 0 Å². The molecule has 2 N–H and O–H groups in total. The number of carbonyl (C=O) groups is 1. The molecule has 108 valence electrons. The minimum absolute atomic E-state index is 0.0643. The van der Waals surface area contributed by atoms with Crippen LogP contribution in [0.3, 0.4) is 0 Å². The van der Waals surface area contributed by atoms with Crippen molar-refractivity contribution >= 4 is 11.6 Å². The molecule has 0 radical (unpaired) electrons. The number of likely N-dealkylation sites (N-methyl/N-ethyl adjacent to an activating group) is 1. The van der Waals surface area contributed by atoms with Gasteiger partial charge in [0.25, 0.3) is 0 Å². The molecule has 0 fully saturated rings. The molecular formula is C15H21N3O2. The topological polar surface area (TPSA) is 76.4 Å². The highest BCUT2D eigenvalue weighted by Gasteiger charge is 2.06. The molecule has 1 rings (SSSR count). The number of anilines is 1. The number of carbonyl (C=O) groups excluding carboxylic acids is 1. The third kappa shape index (κ3) is 6.32. The second-order valence-electron chi connectivity index (χ2n) is 4.96. The normalized spacial score (nSPS) is 11.9. The Morgan fingerprint density at radius 3 is 2.95 bits per heavy atom. The fraction of sp³-hybridized carbons (Fsp3) is 0.467. The standard InChI is InChI=1S/C15H21N3O2/c1-12(19)11-18(2)8-4-7-15(20)17-14-6-3-5-13(9-14)10-16/h3,5-6,9,12,19H,4,7-8,11H2,1-2H3,(H,17,20). The van der Waals surface area contributed by atoms with Crippen molar-refractivity contribution in [2.75, 3.05) is 25.5 Å². The number of benzene rings is 1. The molecular weight excluding hydrogens is 254 g/mol. The zero-order valence-corrected chi connectivity index (χ0v) is 12.0. The summed E-state index contributed by atoms with van der Waals surface area (Å²) in [6.07, 6.45) is 0.788. The van der Waals surface area contributed by atoms with Gasteiger partial charge in [-0.05, 0) is 45.1 Å². The molecule has 5 nitrogen and oxygen atoms in total. The van der Waals surface area contributed by atoms with Crippen LogP contribution in [-0.4, -0.2) is 42.2 Å². The van der Waals surface area contributed by atoms with Crippen molar-refractivity contribution in [1.29, 1.82) is 5.26 Å². The molecule has 0 aromatic heterocycles. The van der Waals surface area contributed by atoms with Gasteiger partial charge in [0.15, 0.2) is 0 Å². The number of nitrogens with one attached hydrogen (secondary N) is 1. The van der Waals surface area contributed by atoms with Crippen LogP contribution in [0, 0.1) is 11.3 Å². The lowest BCUT2D eigenvalue weighted by atomic mass is 10.2. The van der Waals surface area contributed by atoms with Crippen molar-refractivity contribution in [3.8, 4) is 6.07 Å². The van der Waals surface area contributed by atoms with Crippen molar-refractivity contribution in [1.82, 2.24) is 4.90 Å². The molecule has 0 heterocycles. The third-order valence-electron chi connectivity index (χ3n) is 2.79. The Labute approximate surface area is 119 Å². The monoisotopic (exact) mass is 275 g/mol. The Morgan fingerprint density at radius 2 is 2.30 bits per heavy atom. The molecule has 1 aromatic rings. The maximum atomic E-state index is 11.8. The van der Waals surface area contributed by atoms with E-state index < -0.39 is 0 Å². The fourth-order valence-electron chi connectivity index (χ4n) is 1.94. The number of hydrogen-bond acceptors (Lipinski definition) is 4. The first-order chi connectivity index (χ1) is 9.51. The maximum absolute atomic E-state index is 11.8. The van der Waals surface area contributed by atoms with E-state index in [1.165, 1.54) is 0 Å². The van der Waals surface area contributed by atoms with E-state index in [1.54, 1.807) is 31.2 Å². The number of aliphatic hydroxyl groups is 1. The lowest BCUT2D eigenvalue weighted by Crippen LogP contribution is -2.28. The molecule has 20 heavy (non-hydrogen) atoms. The van der Waals surface area contributed by atoms with Crippen LogP contribution in [0.5, 0.6) is 0 Å². The summed E-state index contributed by atoms with van der Waals surface area (Å²) in [5, 5.41) is 20.8. The SMILES string of the molecule is CC(O)CN(C)CCCC(=O)Nc1cccc(C#N)c1. The van der Waals surface area contributed by atoms with Crippen LogP contribution in [0.4, 0.5) is 5.69 Å². The smallest absolute Gasteiger partial charge is 0.224 e. The average molecular weight is 275 g/mol. The average Bonchev–Trinajstić information content (AvgIpc) is 2.38. The summed E-state index contributed by atoms with van der Waals surface area (Å²) in [5.41, 5.74) is 1.17. The fourth-order valence-corrected chi connectivity index (χ4v) is 1.94. The van der Waals surface area contributed by atoms with E-state index >= 15 is 0 Å². The summed E-state index contributed by atoms with van der Waals surface area (Å²) in [5.74, 6) is -0.0643. The van der Waals surface area contributed by atoms with E-state index in [0.717, 1.165) is 13.0 Å². The van der Waals surface area contributed by atoms with E-state index in [4.69, 9.17) is 5.26 Å². The van der Waals surface area contributed by atoms with Crippen LogP contribution in [-0.2, 0) is 4.79 Å². The van der Waals surface area contributed by atoms with Crippen LogP contribution in [0.15, 0.2) is 24.3 Å². The Hall–Kier alpha value is -1.90. The molecule has 0 aliphatic rings. The maximum Gasteiger partial charge on any atom is 0.224 e. The Bertz CT molecular complexity index is 480. The molecule has 1 aromatic carbocycles. The molecule has 1 unspecified atom stereocenters. The van der Waals surface area contributed by atoms with Crippen molar-refractivity contribution in [3.05, 3.63) is 29.8 Å². The van der Waals surface area contributed by atoms with Gasteiger partial charge in [-0.2, -0.15) is 5.26 Å². The summed E-state index contributed by atoms with van der Waals surface area (Å²) in [4.78, 5) is 13.7. The van der Waals surface area contributed by atoms with Gasteiger partial charge in [0.1, 0.15) is 0 Å². The summed E-state index contributed by atoms with van der Waals surface area (Å²) >= 11 is 0. The summed E-state index contributed by atoms with van der Waals surface area (Å²) < 4.78 is 0. The molecule has 0 saturated heterocycles. The third-order valence-corrected chi connectivity index (χ3v) is 2.79. The van der Waals surface area contributed by atoms with Crippen molar-refractivity contribution in [2.45, 2.75) is 25.9 Å². The van der Waals surface area contributed by atoms with Crippen LogP contribution in [0.25, 0.3) is 0 Å². The molecule has 5 heteroatoms. The van der Waals surface area contributed by atoms with Crippen LogP contribution in [0.1, 0.15) is 25.3 Å². The van der Waals surface area contributed by atoms with Crippen LogP contribution < -0.4 is 5.32 Å². The molecule has 1 amide bonds. The zero-order chi connectivity index (χ0) is 15.0. The summed E-state index contributed by atoms with van der Waals surface area (Å²) in [6, 6.07) is 8.88. The molecule has 1 atom stereocenters. The first-order valence-corrected chi connectivity index (χ1v) is 6.68. The van der Waals surface area contributed by atoms with Gasteiger partial charge >= 0.3 is 0 Å². The van der Waals surface area contributed by atoms with Gasteiger partial charge in [-0.15, -0.1) is 0 Å². The lowest BCUT2D eigenvalue weighted by molar-refractivity contribution is -0.116. The van der Waals surface area contributed by atoms with E-state index in [1.807, 2.05) is 18.0 Å². The number of amides is 1. The minimum atomic E-state index is -0.359. The highest BCUT2D eigenvalue weighted by atomic mass is 16.3. The second kappa shape index (κ2) is 8.31. The highest BCUT2D eigenvalue weighted by molar-refractivity contribution is 5.90. The van der Waals surface area contributed by atoms with Gasteiger partial charge in [-0.25, -0.2) is 0 Å². The Balaban J connectivity index is 2.31. The van der Waals surface area contributed by atoms with Crippen molar-refractivity contribution < 1.29 is 9.90 Å². The van der Waals surface area contributed by atoms with Gasteiger partial charge in [-0.3, -0.25) is 4.79 Å². The van der Waals surface area contributed by atoms with Gasteiger partial charge in [-0.1, -0.05) is 6.07 Å². The molecule has 0 spiro atoms. The predicted octanol–water partition coefficient (Wildman–Crippen LogP) is 1.59. The first-order valence-electron chi connectivity index (χ1n) is 6.68. The lowest BCUT2D eigenvalue weighted by Gasteiger charge is -2.17. The summed E-state index contributed by atoms with van der Waals surface area (Å²) in [7, 11) is 1.92. The van der Waals surface area contributed by atoms with Gasteiger partial charge < -0.3 is 15.3 Å². The van der Waals surface area contributed by atoms with Gasteiger partial charge in [0, 0.05) is 18.7 Å². The zero-order valence-electron chi connectivity index (χ0n) is 12.0. The van der Waals surface area contributed by atoms with E-state index in [2.05, 4.69) is 5.32 Å². The predicted molar refractivity (Wildman–Crippen MR) is 78.2 cm³/mol. The largest absolute Gasteiger partial charge is 0.392 e. The second-order valence-corrected chi connectivity index (χ2v) is 4.96. The Morgan fingerprint density at radius 1 is 1.55 bits per heavy atom. The minimum Gasteiger partial charge on any atom is -0.392 e. The van der Waals surface area contributed by atoms with E-state index in [-0.39, 0.29) is 12.0 Å². The highest BCUT2D eigenvalue weighted by Crippen LogP contribution is 2.10. The number of hydrogen-bond donors (Lipinski definition) is 2.